The van der Waals surface area contributed by atoms with Crippen LogP contribution in [-0.4, -0.2) is 56.8 Å². The van der Waals surface area contributed by atoms with E-state index in [-0.39, 0.29) is 11.9 Å². The van der Waals surface area contributed by atoms with Gasteiger partial charge in [0.2, 0.25) is 0 Å². The van der Waals surface area contributed by atoms with Gasteiger partial charge in [-0.15, -0.1) is 11.3 Å². The van der Waals surface area contributed by atoms with Crippen molar-refractivity contribution in [2.45, 2.75) is 50.9 Å². The third-order valence-electron chi connectivity index (χ3n) is 7.09. The van der Waals surface area contributed by atoms with Gasteiger partial charge in [0.05, 0.1) is 52.8 Å². The summed E-state index contributed by atoms with van der Waals surface area (Å²) < 4.78 is 2.78. The molecule has 1 unspecified atom stereocenters. The summed E-state index contributed by atoms with van der Waals surface area (Å²) in [6, 6.07) is 12.4. The maximum atomic E-state index is 12.9. The molecule has 2 aliphatic rings. The Kier molecular flexibility index (Phi) is 6.13. The molecule has 1 saturated carbocycles. The third-order valence-corrected chi connectivity index (χ3v) is 8.27. The van der Waals surface area contributed by atoms with Crippen LogP contribution in [0.4, 0.5) is 16.3 Å². The summed E-state index contributed by atoms with van der Waals surface area (Å²) in [5.74, 6) is 1.62. The van der Waals surface area contributed by atoms with E-state index in [1.165, 1.54) is 22.5 Å². The van der Waals surface area contributed by atoms with Crippen molar-refractivity contribution in [1.82, 2.24) is 19.9 Å². The van der Waals surface area contributed by atoms with Crippen molar-refractivity contribution >= 4 is 56.7 Å². The van der Waals surface area contributed by atoms with Crippen LogP contribution in [0.2, 0.25) is 0 Å². The first-order valence-corrected chi connectivity index (χ1v) is 13.7. The van der Waals surface area contributed by atoms with Crippen molar-refractivity contribution in [3.8, 4) is 0 Å². The second-order valence-corrected chi connectivity index (χ2v) is 11.0. The van der Waals surface area contributed by atoms with Gasteiger partial charge in [0.15, 0.2) is 0 Å². The highest BCUT2D eigenvalue weighted by Gasteiger charge is 2.33. The van der Waals surface area contributed by atoms with Gasteiger partial charge in [-0.2, -0.15) is 4.79 Å². The summed E-state index contributed by atoms with van der Waals surface area (Å²) in [5.41, 5.74) is 3.95. The van der Waals surface area contributed by atoms with Crippen LogP contribution in [-0.2, 0) is 0 Å². The molecule has 0 radical (unpaired) electrons. The van der Waals surface area contributed by atoms with Gasteiger partial charge in [-0.3, -0.25) is 4.98 Å². The number of hydrogen-bond donors (Lipinski definition) is 1. The number of benzene rings is 1. The number of fused-ring (bicyclic) bond motifs is 2. The number of likely N-dealkylation sites (tertiary alicyclic amines) is 1. The zero-order valence-electron chi connectivity index (χ0n) is 20.6. The lowest BCUT2D eigenvalue weighted by Gasteiger charge is -2.27. The van der Waals surface area contributed by atoms with Crippen LogP contribution in [0.1, 0.15) is 61.6 Å². The largest absolute Gasteiger partial charge is 0.492 e. The highest BCUT2D eigenvalue weighted by molar-refractivity contribution is 7.18. The Hall–Kier alpha value is -3.39. The Bertz CT molecular complexity index is 1460. The molecule has 2 fully saturated rings. The van der Waals surface area contributed by atoms with Gasteiger partial charge in [-0.1, -0.05) is 6.92 Å². The number of rotatable bonds is 6. The number of nitrogens with zero attached hydrogens (tertiary/aromatic N) is 5. The van der Waals surface area contributed by atoms with Gasteiger partial charge in [0.1, 0.15) is 5.82 Å². The van der Waals surface area contributed by atoms with Gasteiger partial charge in [0, 0.05) is 29.1 Å². The number of aromatic nitrogens is 3. The van der Waals surface area contributed by atoms with E-state index in [1.807, 2.05) is 17.2 Å². The third kappa shape index (κ3) is 4.57. The Morgan fingerprint density at radius 2 is 2.06 bits per heavy atom. The molecule has 2 amide bonds. The van der Waals surface area contributed by atoms with Gasteiger partial charge < -0.3 is 5.32 Å². The summed E-state index contributed by atoms with van der Waals surface area (Å²) in [5, 5.41) is 5.81. The first-order valence-electron chi connectivity index (χ1n) is 12.9. The van der Waals surface area contributed by atoms with Crippen LogP contribution in [0.3, 0.4) is 0 Å². The number of nitrogens with one attached hydrogen (secondary N) is 1. The number of carbonyl (C=O) groups excluding carboxylic acids is 1. The molecule has 1 aromatic carbocycles. The van der Waals surface area contributed by atoms with Crippen LogP contribution in [0, 0.1) is 0 Å². The molecule has 0 spiro atoms. The Balaban J connectivity index is 1.30. The van der Waals surface area contributed by atoms with Crippen molar-refractivity contribution < 1.29 is 9.37 Å². The Labute approximate surface area is 214 Å². The van der Waals surface area contributed by atoms with E-state index < -0.39 is 0 Å². The van der Waals surface area contributed by atoms with Crippen molar-refractivity contribution in [1.29, 1.82) is 0 Å². The molecule has 1 atom stereocenters. The summed E-state index contributed by atoms with van der Waals surface area (Å²) in [6.45, 7) is 8.08. The Morgan fingerprint density at radius 1 is 1.17 bits per heavy atom. The minimum Gasteiger partial charge on any atom is -0.340 e. The second kappa shape index (κ2) is 9.58. The number of hydrogen-bond acceptors (Lipinski definition) is 6. The van der Waals surface area contributed by atoms with Crippen molar-refractivity contribution in [2.75, 3.05) is 25.0 Å². The fraction of sp³-hybridized carbons (Fsp3) is 0.393. The molecule has 1 saturated heterocycles. The van der Waals surface area contributed by atoms with E-state index in [1.54, 1.807) is 15.9 Å². The van der Waals surface area contributed by atoms with Gasteiger partial charge in [-0.05, 0) is 68.5 Å². The monoisotopic (exact) mass is 499 g/mol. The number of thiazole rings is 1. The lowest BCUT2D eigenvalue weighted by molar-refractivity contribution is -0.428. The molecule has 1 aliphatic carbocycles. The number of piperidine rings is 1. The van der Waals surface area contributed by atoms with Crippen LogP contribution >= 0.6 is 11.3 Å². The lowest BCUT2D eigenvalue weighted by Crippen LogP contribution is -2.43. The molecule has 1 N–H and O–H groups in total. The molecular formula is C28H31N6OS+. The number of carbonyl (C=O) groups is 1. The molecule has 3 aromatic heterocycles. The zero-order chi connectivity index (χ0) is 24.6. The first kappa shape index (κ1) is 23.0. The number of pyridine rings is 2. The average Bonchev–Trinajstić information content (AvgIpc) is 3.67. The summed E-state index contributed by atoms with van der Waals surface area (Å²) in [6.07, 6.45) is 7.19. The van der Waals surface area contributed by atoms with Crippen LogP contribution in [0.15, 0.2) is 42.6 Å². The first-order chi connectivity index (χ1) is 17.6. The minimum absolute atomic E-state index is 0.00207. The van der Waals surface area contributed by atoms with Crippen molar-refractivity contribution in [2.24, 2.45) is 0 Å². The summed E-state index contributed by atoms with van der Waals surface area (Å²) in [7, 11) is 0. The molecular weight excluding hydrogens is 468 g/mol. The maximum absolute atomic E-state index is 12.9. The van der Waals surface area contributed by atoms with Crippen LogP contribution < -0.4 is 5.32 Å². The number of anilines is 2. The van der Waals surface area contributed by atoms with E-state index in [0.717, 1.165) is 59.4 Å². The summed E-state index contributed by atoms with van der Waals surface area (Å²) >= 11 is 1.80. The van der Waals surface area contributed by atoms with Crippen LogP contribution in [0.25, 0.3) is 21.1 Å². The molecule has 4 heterocycles. The van der Waals surface area contributed by atoms with Gasteiger partial charge >= 0.3 is 6.03 Å². The highest BCUT2D eigenvalue weighted by atomic mass is 32.1. The standard InChI is InChI=1S/C28H31N6OS/c1-3-13-33(2)28(35)34-14-5-6-19(17-34)23-16-24-21(7-4-12-29-24)26(31-23)30-20-10-11-22-25(15-20)36-27(32-22)18-8-9-18/h4,7,10-12,15-16,18-19H,2-3,5-6,8-9,13-14,17H2,1H3,(H,30,31)/q+1. The smallest absolute Gasteiger partial charge is 0.340 e. The lowest BCUT2D eigenvalue weighted by atomic mass is 9.94. The van der Waals surface area contributed by atoms with E-state index in [9.17, 15) is 4.79 Å². The zero-order valence-corrected chi connectivity index (χ0v) is 21.4. The topological polar surface area (TPSA) is 74.0 Å². The molecule has 0 bridgehead atoms. The fourth-order valence-corrected chi connectivity index (χ4v) is 6.19. The minimum atomic E-state index is 0.00207. The van der Waals surface area contributed by atoms with E-state index in [2.05, 4.69) is 54.3 Å². The van der Waals surface area contributed by atoms with E-state index >= 15 is 0 Å². The molecule has 36 heavy (non-hydrogen) atoms. The fourth-order valence-electron chi connectivity index (χ4n) is 5.02. The predicted octanol–water partition coefficient (Wildman–Crippen LogP) is 6.28. The predicted molar refractivity (Wildman–Crippen MR) is 146 cm³/mol. The normalized spacial score (nSPS) is 18.0. The van der Waals surface area contributed by atoms with Gasteiger partial charge in [0.25, 0.3) is 0 Å². The molecule has 7 nitrogen and oxygen atoms in total. The average molecular weight is 500 g/mol. The molecule has 8 heteroatoms. The van der Waals surface area contributed by atoms with E-state index in [4.69, 9.17) is 9.97 Å². The molecule has 4 aromatic rings. The SMILES string of the molecule is C=[N+](CCC)C(=O)N1CCCC(c2cc3ncccc3c(Nc3ccc4nc(C5CC5)sc4c3)n2)C1. The second-order valence-electron chi connectivity index (χ2n) is 9.93. The van der Waals surface area contributed by atoms with Crippen LogP contribution in [0.5, 0.6) is 0 Å². The molecule has 6 rings (SSSR count). The van der Waals surface area contributed by atoms with Gasteiger partial charge in [-0.25, -0.2) is 19.4 Å². The quantitative estimate of drug-likeness (QED) is 0.250. The maximum Gasteiger partial charge on any atom is 0.492 e. The van der Waals surface area contributed by atoms with Crippen molar-refractivity contribution in [3.63, 3.8) is 0 Å². The highest BCUT2D eigenvalue weighted by Crippen LogP contribution is 2.43. The van der Waals surface area contributed by atoms with E-state index in [0.29, 0.717) is 19.0 Å². The molecule has 184 valence electrons. The Morgan fingerprint density at radius 3 is 2.89 bits per heavy atom. The van der Waals surface area contributed by atoms with Crippen molar-refractivity contribution in [3.05, 3.63) is 53.3 Å². The molecule has 1 aliphatic heterocycles. The number of urea groups is 1. The number of amides is 2. The summed E-state index contributed by atoms with van der Waals surface area (Å²) in [4.78, 5) is 29.3.